The van der Waals surface area contributed by atoms with Crippen LogP contribution in [0, 0.1) is 0 Å². The van der Waals surface area contributed by atoms with Crippen molar-refractivity contribution in [3.05, 3.63) is 30.1 Å². The van der Waals surface area contributed by atoms with Gasteiger partial charge in [0.15, 0.2) is 0 Å². The molecule has 0 amide bonds. The van der Waals surface area contributed by atoms with Crippen molar-refractivity contribution in [1.29, 1.82) is 0 Å². The van der Waals surface area contributed by atoms with Crippen LogP contribution in [-0.4, -0.2) is 29.5 Å². The third-order valence-corrected chi connectivity index (χ3v) is 3.34. The molecule has 16 heavy (non-hydrogen) atoms. The molecule has 1 aliphatic heterocycles. The Morgan fingerprint density at radius 3 is 2.56 bits per heavy atom. The number of pyridine rings is 1. The molecule has 1 atom stereocenters. The Morgan fingerprint density at radius 1 is 1.19 bits per heavy atom. The predicted octanol–water partition coefficient (Wildman–Crippen LogP) is 1.96. The first-order valence-corrected chi connectivity index (χ1v) is 6.24. The van der Waals surface area contributed by atoms with E-state index in [2.05, 4.69) is 9.88 Å². The fourth-order valence-corrected chi connectivity index (χ4v) is 2.28. The van der Waals surface area contributed by atoms with Gasteiger partial charge in [0.1, 0.15) is 0 Å². The molecular weight excluding hydrogens is 198 g/mol. The first-order valence-electron chi connectivity index (χ1n) is 6.24. The van der Waals surface area contributed by atoms with Gasteiger partial charge in [-0.05, 0) is 56.6 Å². The minimum Gasteiger partial charge on any atom is -0.324 e. The van der Waals surface area contributed by atoms with Crippen molar-refractivity contribution in [2.75, 3.05) is 19.6 Å². The van der Waals surface area contributed by atoms with Crippen LogP contribution in [0.1, 0.15) is 37.3 Å². The topological polar surface area (TPSA) is 42.1 Å². The molecule has 1 saturated heterocycles. The molecule has 2 rings (SSSR count). The Hall–Kier alpha value is -0.930. The first kappa shape index (κ1) is 11.6. The lowest BCUT2D eigenvalue weighted by Gasteiger charge is -2.27. The van der Waals surface area contributed by atoms with Crippen molar-refractivity contribution in [2.45, 2.75) is 31.7 Å². The summed E-state index contributed by atoms with van der Waals surface area (Å²) >= 11 is 0. The lowest BCUT2D eigenvalue weighted by atomic mass is 10.0. The third-order valence-electron chi connectivity index (χ3n) is 3.34. The van der Waals surface area contributed by atoms with Gasteiger partial charge in [-0.2, -0.15) is 0 Å². The molecule has 1 fully saturated rings. The van der Waals surface area contributed by atoms with Crippen LogP contribution in [0.25, 0.3) is 0 Å². The molecule has 3 heteroatoms. The highest BCUT2D eigenvalue weighted by Crippen LogP contribution is 2.15. The van der Waals surface area contributed by atoms with Crippen molar-refractivity contribution in [3.63, 3.8) is 0 Å². The molecule has 0 bridgehead atoms. The number of hydrogen-bond acceptors (Lipinski definition) is 3. The van der Waals surface area contributed by atoms with Crippen LogP contribution < -0.4 is 5.73 Å². The van der Waals surface area contributed by atoms with Crippen LogP contribution in [0.3, 0.4) is 0 Å². The van der Waals surface area contributed by atoms with Gasteiger partial charge in [-0.15, -0.1) is 0 Å². The lowest BCUT2D eigenvalue weighted by molar-refractivity contribution is 0.221. The Bertz CT molecular complexity index is 293. The summed E-state index contributed by atoms with van der Waals surface area (Å²) in [5.74, 6) is 0. The van der Waals surface area contributed by atoms with Gasteiger partial charge in [-0.25, -0.2) is 0 Å². The summed E-state index contributed by atoms with van der Waals surface area (Å²) in [6.45, 7) is 3.63. The molecule has 0 aromatic carbocycles. The van der Waals surface area contributed by atoms with Crippen LogP contribution in [0.2, 0.25) is 0 Å². The minimum absolute atomic E-state index is 0.157. The molecule has 0 aliphatic carbocycles. The quantitative estimate of drug-likeness (QED) is 0.841. The summed E-state index contributed by atoms with van der Waals surface area (Å²) in [7, 11) is 0. The zero-order chi connectivity index (χ0) is 11.2. The SMILES string of the molecule is N[C@H](CCN1CCCCC1)c1ccncc1. The van der Waals surface area contributed by atoms with E-state index in [1.807, 2.05) is 24.5 Å². The van der Waals surface area contributed by atoms with Crippen LogP contribution in [-0.2, 0) is 0 Å². The van der Waals surface area contributed by atoms with Gasteiger partial charge in [-0.3, -0.25) is 4.98 Å². The predicted molar refractivity (Wildman–Crippen MR) is 66.1 cm³/mol. The van der Waals surface area contributed by atoms with Crippen LogP contribution in [0.5, 0.6) is 0 Å². The largest absolute Gasteiger partial charge is 0.324 e. The van der Waals surface area contributed by atoms with Gasteiger partial charge < -0.3 is 10.6 Å². The minimum atomic E-state index is 0.157. The highest BCUT2D eigenvalue weighted by Gasteiger charge is 2.12. The molecule has 0 saturated carbocycles. The van der Waals surface area contributed by atoms with Crippen LogP contribution in [0.15, 0.2) is 24.5 Å². The van der Waals surface area contributed by atoms with E-state index >= 15 is 0 Å². The van der Waals surface area contributed by atoms with Gasteiger partial charge in [-0.1, -0.05) is 6.42 Å². The van der Waals surface area contributed by atoms with Gasteiger partial charge in [0.05, 0.1) is 0 Å². The highest BCUT2D eigenvalue weighted by atomic mass is 15.1. The zero-order valence-corrected chi connectivity index (χ0v) is 9.81. The third kappa shape index (κ3) is 3.29. The maximum Gasteiger partial charge on any atom is 0.0308 e. The smallest absolute Gasteiger partial charge is 0.0308 e. The Kier molecular flexibility index (Phi) is 4.31. The van der Waals surface area contributed by atoms with Crippen LogP contribution >= 0.6 is 0 Å². The fourth-order valence-electron chi connectivity index (χ4n) is 2.28. The van der Waals surface area contributed by atoms with E-state index in [0.29, 0.717) is 0 Å². The molecule has 1 aliphatic rings. The Labute approximate surface area is 97.7 Å². The maximum atomic E-state index is 6.16. The number of nitrogens with zero attached hydrogens (tertiary/aromatic N) is 2. The van der Waals surface area contributed by atoms with Crippen molar-refractivity contribution in [2.24, 2.45) is 5.73 Å². The number of likely N-dealkylation sites (tertiary alicyclic amines) is 1. The van der Waals surface area contributed by atoms with E-state index in [1.165, 1.54) is 37.9 Å². The monoisotopic (exact) mass is 219 g/mol. The normalized spacial score (nSPS) is 19.6. The van der Waals surface area contributed by atoms with Gasteiger partial charge >= 0.3 is 0 Å². The van der Waals surface area contributed by atoms with Gasteiger partial charge in [0.25, 0.3) is 0 Å². The van der Waals surface area contributed by atoms with E-state index in [9.17, 15) is 0 Å². The standard InChI is InChI=1S/C13H21N3/c14-13(12-4-7-15-8-5-12)6-11-16-9-2-1-3-10-16/h4-5,7-8,13H,1-3,6,9-11,14H2/t13-/m1/s1. The van der Waals surface area contributed by atoms with E-state index < -0.39 is 0 Å². The molecule has 3 nitrogen and oxygen atoms in total. The zero-order valence-electron chi connectivity index (χ0n) is 9.81. The average Bonchev–Trinajstić information content (AvgIpc) is 2.38. The summed E-state index contributed by atoms with van der Waals surface area (Å²) in [6, 6.07) is 4.19. The second-order valence-corrected chi connectivity index (χ2v) is 4.58. The van der Waals surface area contributed by atoms with Crippen molar-refractivity contribution < 1.29 is 0 Å². The average molecular weight is 219 g/mol. The molecule has 0 spiro atoms. The van der Waals surface area contributed by atoms with E-state index in [0.717, 1.165) is 13.0 Å². The first-order chi connectivity index (χ1) is 7.86. The maximum absolute atomic E-state index is 6.16. The lowest BCUT2D eigenvalue weighted by Crippen LogP contribution is -2.32. The summed E-state index contributed by atoms with van der Waals surface area (Å²) in [5.41, 5.74) is 7.36. The fraction of sp³-hybridized carbons (Fsp3) is 0.615. The second-order valence-electron chi connectivity index (χ2n) is 4.58. The Balaban J connectivity index is 1.77. The number of piperidine rings is 1. The molecule has 1 aromatic heterocycles. The van der Waals surface area contributed by atoms with Gasteiger partial charge in [0, 0.05) is 18.4 Å². The molecule has 2 heterocycles. The molecule has 0 unspecified atom stereocenters. The summed E-state index contributed by atoms with van der Waals surface area (Å²) in [4.78, 5) is 6.54. The number of hydrogen-bond donors (Lipinski definition) is 1. The summed E-state index contributed by atoms with van der Waals surface area (Å²) in [6.07, 6.45) is 8.78. The number of rotatable bonds is 4. The van der Waals surface area contributed by atoms with E-state index in [1.54, 1.807) is 0 Å². The van der Waals surface area contributed by atoms with Crippen LogP contribution in [0.4, 0.5) is 0 Å². The molecule has 0 radical (unpaired) electrons. The highest BCUT2D eigenvalue weighted by molar-refractivity contribution is 5.14. The van der Waals surface area contributed by atoms with Gasteiger partial charge in [0.2, 0.25) is 0 Å². The van der Waals surface area contributed by atoms with E-state index in [-0.39, 0.29) is 6.04 Å². The Morgan fingerprint density at radius 2 is 1.88 bits per heavy atom. The van der Waals surface area contributed by atoms with Crippen molar-refractivity contribution >= 4 is 0 Å². The molecule has 2 N–H and O–H groups in total. The second kappa shape index (κ2) is 5.97. The number of nitrogens with two attached hydrogens (primary N) is 1. The molecular formula is C13H21N3. The van der Waals surface area contributed by atoms with Crippen molar-refractivity contribution in [3.8, 4) is 0 Å². The van der Waals surface area contributed by atoms with E-state index in [4.69, 9.17) is 5.73 Å². The molecule has 1 aromatic rings. The van der Waals surface area contributed by atoms with Crippen molar-refractivity contribution in [1.82, 2.24) is 9.88 Å². The number of aromatic nitrogens is 1. The molecule has 88 valence electrons. The summed E-state index contributed by atoms with van der Waals surface area (Å²) in [5, 5.41) is 0. The summed E-state index contributed by atoms with van der Waals surface area (Å²) < 4.78 is 0.